The molecule has 1 N–H and O–H groups in total. The number of nitro groups is 1. The molecule has 0 aromatic heterocycles. The van der Waals surface area contributed by atoms with Crippen molar-refractivity contribution in [1.82, 2.24) is 0 Å². The Bertz CT molecular complexity index is 439. The number of nitrogens with zero attached hydrogens (tertiary/aromatic N) is 1. The van der Waals surface area contributed by atoms with Crippen LogP contribution in [-0.4, -0.2) is 11.5 Å². The number of nitro benzene ring substituents is 1. The van der Waals surface area contributed by atoms with E-state index in [9.17, 15) is 10.1 Å². The number of benzene rings is 1. The van der Waals surface area contributed by atoms with Crippen LogP contribution in [0.3, 0.4) is 0 Å². The molecule has 0 heterocycles. The average Bonchev–Trinajstić information content (AvgIpc) is 2.27. The molecule has 0 radical (unpaired) electrons. The highest BCUT2D eigenvalue weighted by Crippen LogP contribution is 2.26. The summed E-state index contributed by atoms with van der Waals surface area (Å²) in [6.07, 6.45) is 0. The van der Waals surface area contributed by atoms with E-state index in [1.54, 1.807) is 12.1 Å². The molecule has 0 aliphatic carbocycles. The number of halogens is 1. The van der Waals surface area contributed by atoms with Gasteiger partial charge < -0.3 is 5.32 Å². The fourth-order valence-electron chi connectivity index (χ4n) is 2.24. The molecule has 19 heavy (non-hydrogen) atoms. The van der Waals surface area contributed by atoms with Crippen LogP contribution in [0, 0.1) is 31.4 Å². The largest absolute Gasteiger partial charge is 0.385 e. The maximum absolute atomic E-state index is 10.8. The molecular weight excluding hydrogens is 355 g/mol. The molecule has 0 saturated heterocycles. The Kier molecular flexibility index (Phi) is 6.03. The molecule has 0 atom stereocenters. The van der Waals surface area contributed by atoms with Crippen molar-refractivity contribution >= 4 is 34.0 Å². The van der Waals surface area contributed by atoms with Crippen LogP contribution >= 0.6 is 22.6 Å². The van der Waals surface area contributed by atoms with Crippen LogP contribution in [-0.2, 0) is 0 Å². The lowest BCUT2D eigenvalue weighted by molar-refractivity contribution is -0.385. The highest BCUT2D eigenvalue weighted by atomic mass is 127. The zero-order valence-corrected chi connectivity index (χ0v) is 14.0. The third kappa shape index (κ3) is 4.63. The summed E-state index contributed by atoms with van der Waals surface area (Å²) in [5.74, 6) is 1.82. The van der Waals surface area contributed by atoms with Gasteiger partial charge in [-0.15, -0.1) is 0 Å². The fraction of sp³-hybridized carbons (Fsp3) is 0.571. The second kappa shape index (κ2) is 7.07. The van der Waals surface area contributed by atoms with E-state index in [4.69, 9.17) is 0 Å². The van der Waals surface area contributed by atoms with Gasteiger partial charge in [-0.25, -0.2) is 0 Å². The molecule has 0 unspecified atom stereocenters. The van der Waals surface area contributed by atoms with Gasteiger partial charge in [-0.3, -0.25) is 10.1 Å². The predicted molar refractivity (Wildman–Crippen MR) is 87.5 cm³/mol. The van der Waals surface area contributed by atoms with E-state index in [0.29, 0.717) is 21.3 Å². The minimum Gasteiger partial charge on any atom is -0.385 e. The van der Waals surface area contributed by atoms with Gasteiger partial charge in [0.2, 0.25) is 0 Å². The third-order valence-electron chi connectivity index (χ3n) is 3.40. The molecule has 1 aromatic carbocycles. The molecule has 5 heteroatoms. The summed E-state index contributed by atoms with van der Waals surface area (Å²) in [4.78, 5) is 10.4. The summed E-state index contributed by atoms with van der Waals surface area (Å²) < 4.78 is 0.665. The van der Waals surface area contributed by atoms with E-state index >= 15 is 0 Å². The monoisotopic (exact) mass is 376 g/mol. The molecule has 0 aliphatic rings. The van der Waals surface area contributed by atoms with Gasteiger partial charge in [0.1, 0.15) is 0 Å². The molecule has 0 spiro atoms. The first kappa shape index (κ1) is 16.2. The lowest BCUT2D eigenvalue weighted by Crippen LogP contribution is -2.24. The Hall–Kier alpha value is -0.850. The Morgan fingerprint density at radius 2 is 1.84 bits per heavy atom. The molecule has 0 saturated carbocycles. The van der Waals surface area contributed by atoms with Gasteiger partial charge in [0, 0.05) is 18.3 Å². The van der Waals surface area contributed by atoms with Crippen molar-refractivity contribution in [3.05, 3.63) is 31.9 Å². The Morgan fingerprint density at radius 3 is 2.26 bits per heavy atom. The number of rotatable bonds is 6. The first-order valence-corrected chi connectivity index (χ1v) is 7.58. The van der Waals surface area contributed by atoms with Crippen molar-refractivity contribution in [3.63, 3.8) is 0 Å². The van der Waals surface area contributed by atoms with E-state index in [0.717, 1.165) is 12.2 Å². The van der Waals surface area contributed by atoms with Crippen molar-refractivity contribution in [1.29, 1.82) is 0 Å². The van der Waals surface area contributed by atoms with Crippen LogP contribution in [0.5, 0.6) is 0 Å². The second-order valence-electron chi connectivity index (χ2n) is 5.46. The van der Waals surface area contributed by atoms with Crippen molar-refractivity contribution in [2.24, 2.45) is 17.8 Å². The van der Waals surface area contributed by atoms with Crippen LogP contribution in [0.1, 0.15) is 27.7 Å². The van der Waals surface area contributed by atoms with Gasteiger partial charge in [-0.1, -0.05) is 27.7 Å². The van der Waals surface area contributed by atoms with Crippen LogP contribution in [0.4, 0.5) is 11.4 Å². The van der Waals surface area contributed by atoms with Crippen LogP contribution in [0.15, 0.2) is 18.2 Å². The summed E-state index contributed by atoms with van der Waals surface area (Å²) in [6.45, 7) is 9.80. The second-order valence-corrected chi connectivity index (χ2v) is 6.62. The van der Waals surface area contributed by atoms with E-state index in [2.05, 4.69) is 33.0 Å². The number of nitrogens with one attached hydrogen (secondary N) is 1. The third-order valence-corrected chi connectivity index (χ3v) is 4.26. The number of hydrogen-bond acceptors (Lipinski definition) is 3. The van der Waals surface area contributed by atoms with Crippen molar-refractivity contribution < 1.29 is 4.92 Å². The van der Waals surface area contributed by atoms with Crippen molar-refractivity contribution in [2.75, 3.05) is 11.9 Å². The summed E-state index contributed by atoms with van der Waals surface area (Å²) in [7, 11) is 0. The van der Waals surface area contributed by atoms with Gasteiger partial charge >= 0.3 is 0 Å². The molecule has 0 aliphatic heterocycles. The highest BCUT2D eigenvalue weighted by Gasteiger charge is 2.17. The van der Waals surface area contributed by atoms with Crippen molar-refractivity contribution in [3.8, 4) is 0 Å². The minimum absolute atomic E-state index is 0.162. The van der Waals surface area contributed by atoms with Gasteiger partial charge in [-0.05, 0) is 52.5 Å². The molecule has 4 nitrogen and oxygen atoms in total. The molecule has 106 valence electrons. The Labute approximate surface area is 128 Å². The zero-order valence-electron chi connectivity index (χ0n) is 11.8. The normalized spacial score (nSPS) is 11.4. The highest BCUT2D eigenvalue weighted by molar-refractivity contribution is 14.1. The van der Waals surface area contributed by atoms with E-state index in [1.807, 2.05) is 28.7 Å². The maximum Gasteiger partial charge on any atom is 0.282 e. The molecular formula is C14H21IN2O2. The summed E-state index contributed by atoms with van der Waals surface area (Å²) in [5, 5.41) is 14.1. The summed E-state index contributed by atoms with van der Waals surface area (Å²) in [6, 6.07) is 5.16. The lowest BCUT2D eigenvalue weighted by atomic mass is 9.85. The van der Waals surface area contributed by atoms with Gasteiger partial charge in [0.15, 0.2) is 0 Å². The van der Waals surface area contributed by atoms with Crippen molar-refractivity contribution in [2.45, 2.75) is 27.7 Å². The predicted octanol–water partition coefficient (Wildman–Crippen LogP) is 4.54. The molecule has 0 amide bonds. The summed E-state index contributed by atoms with van der Waals surface area (Å²) in [5.41, 5.74) is 1.11. The number of anilines is 1. The summed E-state index contributed by atoms with van der Waals surface area (Å²) >= 11 is 2.00. The molecule has 0 fully saturated rings. The quantitative estimate of drug-likeness (QED) is 0.451. The Morgan fingerprint density at radius 1 is 1.26 bits per heavy atom. The molecule has 1 rings (SSSR count). The van der Waals surface area contributed by atoms with Gasteiger partial charge in [0.25, 0.3) is 5.69 Å². The molecule has 0 bridgehead atoms. The Balaban J connectivity index is 2.73. The van der Waals surface area contributed by atoms with E-state index < -0.39 is 0 Å². The average molecular weight is 376 g/mol. The SMILES string of the molecule is CC(C)C(CNc1ccc([N+](=O)[O-])c(I)c1)C(C)C. The van der Waals surface area contributed by atoms with E-state index in [-0.39, 0.29) is 10.6 Å². The van der Waals surface area contributed by atoms with E-state index in [1.165, 1.54) is 0 Å². The fourth-order valence-corrected chi connectivity index (χ4v) is 2.95. The minimum atomic E-state index is -0.351. The topological polar surface area (TPSA) is 55.2 Å². The van der Waals surface area contributed by atoms with Crippen LogP contribution in [0.25, 0.3) is 0 Å². The van der Waals surface area contributed by atoms with Gasteiger partial charge in [0.05, 0.1) is 8.49 Å². The zero-order chi connectivity index (χ0) is 14.6. The lowest BCUT2D eigenvalue weighted by Gasteiger charge is -2.25. The first-order valence-electron chi connectivity index (χ1n) is 6.50. The van der Waals surface area contributed by atoms with Crippen LogP contribution < -0.4 is 5.32 Å². The standard InChI is InChI=1S/C14H21IN2O2/c1-9(2)12(10(3)4)8-16-11-5-6-14(17(18)19)13(15)7-11/h5-7,9-10,12,16H,8H2,1-4H3. The number of hydrogen-bond donors (Lipinski definition) is 1. The van der Waals surface area contributed by atoms with Crippen LogP contribution in [0.2, 0.25) is 0 Å². The smallest absolute Gasteiger partial charge is 0.282 e. The molecule has 1 aromatic rings. The first-order chi connectivity index (χ1) is 8.82. The van der Waals surface area contributed by atoms with Gasteiger partial charge in [-0.2, -0.15) is 0 Å². The maximum atomic E-state index is 10.8.